The van der Waals surface area contributed by atoms with Crippen molar-refractivity contribution < 1.29 is 14.7 Å². The third-order valence-electron chi connectivity index (χ3n) is 5.03. The molecule has 4 rings (SSSR count). The van der Waals surface area contributed by atoms with E-state index in [1.165, 1.54) is 16.7 Å². The molecule has 2 aromatic heterocycles. The van der Waals surface area contributed by atoms with E-state index in [0.717, 1.165) is 12.8 Å². The second-order valence-electron chi connectivity index (χ2n) is 7.10. The van der Waals surface area contributed by atoms with Crippen molar-refractivity contribution in [2.75, 3.05) is 5.32 Å². The third-order valence-corrected chi connectivity index (χ3v) is 5.03. The molecule has 0 bridgehead atoms. The summed E-state index contributed by atoms with van der Waals surface area (Å²) >= 11 is 0. The van der Waals surface area contributed by atoms with Crippen molar-refractivity contribution in [2.45, 2.75) is 32.4 Å². The van der Waals surface area contributed by atoms with Gasteiger partial charge in [-0.25, -0.2) is 14.6 Å². The first kappa shape index (κ1) is 18.0. The van der Waals surface area contributed by atoms with Gasteiger partial charge in [-0.2, -0.15) is 0 Å². The van der Waals surface area contributed by atoms with Crippen LogP contribution in [0.5, 0.6) is 0 Å². The van der Waals surface area contributed by atoms with Crippen molar-refractivity contribution >= 4 is 28.7 Å². The number of hydrogen-bond acceptors (Lipinski definition) is 4. The van der Waals surface area contributed by atoms with E-state index in [1.54, 1.807) is 42.0 Å². The maximum absolute atomic E-state index is 13.1. The molecule has 1 unspecified atom stereocenters. The van der Waals surface area contributed by atoms with Crippen LogP contribution in [0.15, 0.2) is 47.4 Å². The van der Waals surface area contributed by atoms with E-state index in [-0.39, 0.29) is 11.3 Å². The minimum atomic E-state index is -1.08. The van der Waals surface area contributed by atoms with Gasteiger partial charge >= 0.3 is 11.7 Å². The lowest BCUT2D eigenvalue weighted by Crippen LogP contribution is -2.33. The SMILES string of the molecule is CC(C(=O)Nc1ccccn1)n1c(=O)n(CC2CC2)c2ccc(C(=O)O)cc21. The van der Waals surface area contributed by atoms with Crippen molar-refractivity contribution in [1.29, 1.82) is 0 Å². The van der Waals surface area contributed by atoms with Crippen molar-refractivity contribution in [3.63, 3.8) is 0 Å². The Morgan fingerprint density at radius 2 is 2.04 bits per heavy atom. The Bertz CT molecular complexity index is 1110. The monoisotopic (exact) mass is 380 g/mol. The van der Waals surface area contributed by atoms with Gasteiger partial charge in [0.2, 0.25) is 5.91 Å². The summed E-state index contributed by atoms with van der Waals surface area (Å²) in [6.45, 7) is 2.19. The molecule has 1 amide bonds. The number of rotatable bonds is 6. The van der Waals surface area contributed by atoms with Crippen LogP contribution in [-0.2, 0) is 11.3 Å². The van der Waals surface area contributed by atoms with E-state index in [9.17, 15) is 19.5 Å². The number of pyridine rings is 1. The van der Waals surface area contributed by atoms with Gasteiger partial charge in [0, 0.05) is 12.7 Å². The molecule has 1 aromatic carbocycles. The van der Waals surface area contributed by atoms with Gasteiger partial charge in [0.25, 0.3) is 0 Å². The molecule has 2 heterocycles. The van der Waals surface area contributed by atoms with E-state index in [0.29, 0.717) is 29.3 Å². The number of benzene rings is 1. The second kappa shape index (κ2) is 6.95. The summed E-state index contributed by atoms with van der Waals surface area (Å²) in [5.41, 5.74) is 0.837. The van der Waals surface area contributed by atoms with Crippen LogP contribution in [0.2, 0.25) is 0 Å². The third kappa shape index (κ3) is 3.28. The van der Waals surface area contributed by atoms with Gasteiger partial charge in [-0.1, -0.05) is 6.07 Å². The molecule has 0 aliphatic heterocycles. The Kier molecular flexibility index (Phi) is 4.46. The summed E-state index contributed by atoms with van der Waals surface area (Å²) in [7, 11) is 0. The number of hydrogen-bond donors (Lipinski definition) is 2. The number of nitrogens with zero attached hydrogens (tertiary/aromatic N) is 3. The second-order valence-corrected chi connectivity index (χ2v) is 7.10. The Labute approximate surface area is 160 Å². The Balaban J connectivity index is 1.78. The fourth-order valence-electron chi connectivity index (χ4n) is 3.31. The Hall–Kier alpha value is -3.42. The summed E-state index contributed by atoms with van der Waals surface area (Å²) in [6.07, 6.45) is 3.71. The molecular weight excluding hydrogens is 360 g/mol. The van der Waals surface area contributed by atoms with E-state index in [2.05, 4.69) is 10.3 Å². The van der Waals surface area contributed by atoms with Crippen molar-refractivity contribution in [2.24, 2.45) is 5.92 Å². The number of carbonyl (C=O) groups is 2. The van der Waals surface area contributed by atoms with Crippen LogP contribution in [0.25, 0.3) is 11.0 Å². The normalized spacial score (nSPS) is 14.8. The topological polar surface area (TPSA) is 106 Å². The van der Waals surface area contributed by atoms with E-state index >= 15 is 0 Å². The number of aromatic carboxylic acids is 1. The summed E-state index contributed by atoms with van der Waals surface area (Å²) in [5, 5.41) is 12.0. The van der Waals surface area contributed by atoms with Crippen LogP contribution < -0.4 is 11.0 Å². The number of nitrogens with one attached hydrogen (secondary N) is 1. The van der Waals surface area contributed by atoms with Crippen LogP contribution in [0, 0.1) is 5.92 Å². The molecule has 1 aliphatic rings. The summed E-state index contributed by atoms with van der Waals surface area (Å²) in [5.74, 6) is -0.637. The molecule has 0 spiro atoms. The Morgan fingerprint density at radius 1 is 1.25 bits per heavy atom. The first-order chi connectivity index (χ1) is 13.5. The van der Waals surface area contributed by atoms with Crippen LogP contribution in [0.3, 0.4) is 0 Å². The molecule has 1 saturated carbocycles. The molecule has 0 radical (unpaired) electrons. The predicted octanol–water partition coefficient (Wildman–Crippen LogP) is 2.51. The number of aromatic nitrogens is 3. The average molecular weight is 380 g/mol. The predicted molar refractivity (Wildman–Crippen MR) is 103 cm³/mol. The van der Waals surface area contributed by atoms with Gasteiger partial charge < -0.3 is 10.4 Å². The van der Waals surface area contributed by atoms with Crippen molar-refractivity contribution in [1.82, 2.24) is 14.1 Å². The Morgan fingerprint density at radius 3 is 2.68 bits per heavy atom. The maximum atomic E-state index is 13.1. The highest BCUT2D eigenvalue weighted by Gasteiger charge is 2.28. The summed E-state index contributed by atoms with van der Waals surface area (Å²) < 4.78 is 3.01. The molecule has 28 heavy (non-hydrogen) atoms. The van der Waals surface area contributed by atoms with Gasteiger partial charge in [0.15, 0.2) is 0 Å². The van der Waals surface area contributed by atoms with Gasteiger partial charge in [0.1, 0.15) is 11.9 Å². The van der Waals surface area contributed by atoms with Gasteiger partial charge in [-0.05, 0) is 56.0 Å². The first-order valence-electron chi connectivity index (χ1n) is 9.15. The maximum Gasteiger partial charge on any atom is 0.335 e. The number of fused-ring (bicyclic) bond motifs is 1. The molecule has 8 heteroatoms. The fourth-order valence-corrected chi connectivity index (χ4v) is 3.31. The number of anilines is 1. The van der Waals surface area contributed by atoms with E-state index in [4.69, 9.17) is 0 Å². The quantitative estimate of drug-likeness (QED) is 0.683. The molecule has 8 nitrogen and oxygen atoms in total. The van der Waals surface area contributed by atoms with Crippen LogP contribution in [0.4, 0.5) is 5.82 Å². The molecule has 1 fully saturated rings. The number of carboxylic acids is 1. The van der Waals surface area contributed by atoms with E-state index in [1.807, 2.05) is 0 Å². The molecular formula is C20H20N4O4. The van der Waals surface area contributed by atoms with Crippen LogP contribution >= 0.6 is 0 Å². The lowest BCUT2D eigenvalue weighted by molar-refractivity contribution is -0.118. The van der Waals surface area contributed by atoms with Crippen LogP contribution in [0.1, 0.15) is 36.2 Å². The molecule has 0 saturated heterocycles. The number of carboxylic acid groups (broad SMARTS) is 1. The van der Waals surface area contributed by atoms with Gasteiger partial charge in [-0.3, -0.25) is 13.9 Å². The van der Waals surface area contributed by atoms with Crippen molar-refractivity contribution in [3.05, 3.63) is 58.6 Å². The molecule has 3 aromatic rings. The average Bonchev–Trinajstić information content (AvgIpc) is 3.46. The zero-order valence-electron chi connectivity index (χ0n) is 15.3. The smallest absolute Gasteiger partial charge is 0.335 e. The first-order valence-corrected chi connectivity index (χ1v) is 9.15. The summed E-state index contributed by atoms with van der Waals surface area (Å²) in [4.78, 5) is 41.3. The molecule has 2 N–H and O–H groups in total. The highest BCUT2D eigenvalue weighted by molar-refractivity contribution is 5.95. The van der Waals surface area contributed by atoms with E-state index < -0.39 is 17.9 Å². The standard InChI is InChI=1S/C20H20N4O4/c1-12(18(25)22-17-4-2-3-9-21-17)24-16-10-14(19(26)27)7-8-15(16)23(20(24)28)11-13-5-6-13/h2-4,7-10,12-13H,5-6,11H2,1H3,(H,26,27)(H,21,22,25). The minimum absolute atomic E-state index is 0.0714. The fraction of sp³-hybridized carbons (Fsp3) is 0.300. The van der Waals surface area contributed by atoms with Crippen LogP contribution in [-0.4, -0.2) is 31.1 Å². The minimum Gasteiger partial charge on any atom is -0.478 e. The number of carbonyl (C=O) groups excluding carboxylic acids is 1. The lowest BCUT2D eigenvalue weighted by atomic mass is 10.2. The lowest BCUT2D eigenvalue weighted by Gasteiger charge is -2.13. The molecule has 1 aliphatic carbocycles. The largest absolute Gasteiger partial charge is 0.478 e. The summed E-state index contributed by atoms with van der Waals surface area (Å²) in [6, 6.07) is 8.89. The number of imidazole rings is 1. The number of amides is 1. The highest BCUT2D eigenvalue weighted by atomic mass is 16.4. The van der Waals surface area contributed by atoms with Gasteiger partial charge in [-0.15, -0.1) is 0 Å². The zero-order chi connectivity index (χ0) is 19.8. The van der Waals surface area contributed by atoms with Crippen molar-refractivity contribution in [3.8, 4) is 0 Å². The zero-order valence-corrected chi connectivity index (χ0v) is 15.3. The molecule has 144 valence electrons. The highest BCUT2D eigenvalue weighted by Crippen LogP contribution is 2.31. The molecule has 1 atom stereocenters. The van der Waals surface area contributed by atoms with Gasteiger partial charge in [0.05, 0.1) is 16.6 Å².